The summed E-state index contributed by atoms with van der Waals surface area (Å²) in [6, 6.07) is 10.7. The molecule has 1 aromatic rings. The number of allylic oxidation sites excluding steroid dienone is 2. The topological polar surface area (TPSA) is 0 Å². The van der Waals surface area contributed by atoms with E-state index in [0.29, 0.717) is 0 Å². The van der Waals surface area contributed by atoms with Gasteiger partial charge >= 0.3 is 0 Å². The summed E-state index contributed by atoms with van der Waals surface area (Å²) in [5.74, 6) is 0.863. The predicted octanol–water partition coefficient (Wildman–Crippen LogP) is 4.37. The van der Waals surface area contributed by atoms with Gasteiger partial charge in [-0.15, -0.1) is 0 Å². The van der Waals surface area contributed by atoms with Crippen LogP contribution in [0.3, 0.4) is 0 Å². The van der Waals surface area contributed by atoms with Crippen LogP contribution in [0, 0.1) is 5.92 Å². The van der Waals surface area contributed by atoms with E-state index in [0.717, 1.165) is 12.3 Å². The van der Waals surface area contributed by atoms with Gasteiger partial charge in [-0.1, -0.05) is 61.7 Å². The summed E-state index contributed by atoms with van der Waals surface area (Å²) < 4.78 is 0. The van der Waals surface area contributed by atoms with E-state index in [1.54, 1.807) is 0 Å². The summed E-state index contributed by atoms with van der Waals surface area (Å²) in [5, 5.41) is 0. The van der Waals surface area contributed by atoms with Gasteiger partial charge in [0.1, 0.15) is 0 Å². The molecule has 0 heterocycles. The highest BCUT2D eigenvalue weighted by Crippen LogP contribution is 2.24. The molecule has 0 spiro atoms. The SMILES string of the molecule is C(=C\C1CCCCC1)/Cc1ccccc1. The molecule has 0 aromatic heterocycles. The van der Waals surface area contributed by atoms with E-state index >= 15 is 0 Å². The Bertz CT molecular complexity index is 291. The fourth-order valence-electron chi connectivity index (χ4n) is 2.34. The van der Waals surface area contributed by atoms with Crippen molar-refractivity contribution < 1.29 is 0 Å². The number of benzene rings is 1. The minimum absolute atomic E-state index is 0.863. The predicted molar refractivity (Wildman–Crippen MR) is 65.9 cm³/mol. The smallest absolute Gasteiger partial charge is 0.00974 e. The Balaban J connectivity index is 1.79. The molecule has 15 heavy (non-hydrogen) atoms. The first kappa shape index (κ1) is 10.5. The minimum atomic E-state index is 0.863. The molecule has 0 N–H and O–H groups in total. The maximum Gasteiger partial charge on any atom is -0.00974 e. The zero-order chi connectivity index (χ0) is 10.3. The molecule has 1 aliphatic rings. The van der Waals surface area contributed by atoms with Crippen LogP contribution in [0.1, 0.15) is 37.7 Å². The zero-order valence-corrected chi connectivity index (χ0v) is 9.36. The van der Waals surface area contributed by atoms with Crippen LogP contribution in [0.15, 0.2) is 42.5 Å². The van der Waals surface area contributed by atoms with E-state index in [9.17, 15) is 0 Å². The number of hydrogen-bond acceptors (Lipinski definition) is 0. The van der Waals surface area contributed by atoms with Gasteiger partial charge < -0.3 is 0 Å². The second-order valence-corrected chi connectivity index (χ2v) is 4.52. The van der Waals surface area contributed by atoms with E-state index < -0.39 is 0 Å². The fraction of sp³-hybridized carbons (Fsp3) is 0.467. The molecule has 0 unspecified atom stereocenters. The molecule has 80 valence electrons. The van der Waals surface area contributed by atoms with Gasteiger partial charge in [-0.3, -0.25) is 0 Å². The highest BCUT2D eigenvalue weighted by molar-refractivity contribution is 5.17. The van der Waals surface area contributed by atoms with Gasteiger partial charge in [0.05, 0.1) is 0 Å². The van der Waals surface area contributed by atoms with E-state index in [1.807, 2.05) is 0 Å². The average Bonchev–Trinajstić information content (AvgIpc) is 2.32. The minimum Gasteiger partial charge on any atom is -0.0851 e. The fourth-order valence-corrected chi connectivity index (χ4v) is 2.34. The number of rotatable bonds is 3. The van der Waals surface area contributed by atoms with Crippen molar-refractivity contribution in [1.29, 1.82) is 0 Å². The van der Waals surface area contributed by atoms with Crippen molar-refractivity contribution in [3.05, 3.63) is 48.0 Å². The van der Waals surface area contributed by atoms with Crippen LogP contribution in [0.2, 0.25) is 0 Å². The first-order valence-electron chi connectivity index (χ1n) is 6.16. The summed E-state index contributed by atoms with van der Waals surface area (Å²) in [6.45, 7) is 0. The molecule has 0 heteroatoms. The molecule has 0 radical (unpaired) electrons. The van der Waals surface area contributed by atoms with Crippen molar-refractivity contribution in [2.24, 2.45) is 5.92 Å². The second-order valence-electron chi connectivity index (χ2n) is 4.52. The van der Waals surface area contributed by atoms with Gasteiger partial charge in [0.15, 0.2) is 0 Å². The molecule has 0 bridgehead atoms. The summed E-state index contributed by atoms with van der Waals surface area (Å²) in [7, 11) is 0. The molecule has 0 aliphatic heterocycles. The monoisotopic (exact) mass is 200 g/mol. The van der Waals surface area contributed by atoms with E-state index in [-0.39, 0.29) is 0 Å². The van der Waals surface area contributed by atoms with Crippen LogP contribution < -0.4 is 0 Å². The van der Waals surface area contributed by atoms with Gasteiger partial charge in [-0.2, -0.15) is 0 Å². The van der Waals surface area contributed by atoms with E-state index in [2.05, 4.69) is 42.5 Å². The van der Waals surface area contributed by atoms with Gasteiger partial charge in [0, 0.05) is 0 Å². The lowest BCUT2D eigenvalue weighted by atomic mass is 9.89. The highest BCUT2D eigenvalue weighted by Gasteiger charge is 2.09. The molecule has 0 saturated heterocycles. The van der Waals surface area contributed by atoms with Crippen LogP contribution in [0.5, 0.6) is 0 Å². The largest absolute Gasteiger partial charge is 0.0851 e. The Morgan fingerprint density at radius 1 is 1.00 bits per heavy atom. The average molecular weight is 200 g/mol. The van der Waals surface area contributed by atoms with Crippen LogP contribution in [0.4, 0.5) is 0 Å². The Morgan fingerprint density at radius 2 is 1.73 bits per heavy atom. The summed E-state index contributed by atoms with van der Waals surface area (Å²) >= 11 is 0. The quantitative estimate of drug-likeness (QED) is 0.636. The molecular formula is C15H20. The van der Waals surface area contributed by atoms with Crippen LogP contribution in [-0.2, 0) is 6.42 Å². The highest BCUT2D eigenvalue weighted by atomic mass is 14.1. The van der Waals surface area contributed by atoms with E-state index in [4.69, 9.17) is 0 Å². The van der Waals surface area contributed by atoms with Crippen molar-refractivity contribution in [3.63, 3.8) is 0 Å². The number of hydrogen-bond donors (Lipinski definition) is 0. The molecule has 1 aromatic carbocycles. The first-order chi connectivity index (χ1) is 7.45. The van der Waals surface area contributed by atoms with E-state index in [1.165, 1.54) is 37.7 Å². The standard InChI is InChI=1S/C15H20/c1-3-8-14(9-4-1)12-7-13-15-10-5-2-6-11-15/h1,3-4,7-9,13,15H,2,5-6,10-12H2/b13-7+. The van der Waals surface area contributed by atoms with Gasteiger partial charge in [0.2, 0.25) is 0 Å². The van der Waals surface area contributed by atoms with Crippen LogP contribution in [-0.4, -0.2) is 0 Å². The summed E-state index contributed by atoms with van der Waals surface area (Å²) in [4.78, 5) is 0. The van der Waals surface area contributed by atoms with Crippen molar-refractivity contribution in [3.8, 4) is 0 Å². The Morgan fingerprint density at radius 3 is 2.47 bits per heavy atom. The van der Waals surface area contributed by atoms with Gasteiger partial charge in [0.25, 0.3) is 0 Å². The summed E-state index contributed by atoms with van der Waals surface area (Å²) in [6.07, 6.45) is 13.0. The van der Waals surface area contributed by atoms with Crippen molar-refractivity contribution in [2.45, 2.75) is 38.5 Å². The Kier molecular flexibility index (Phi) is 4.01. The molecule has 2 rings (SSSR count). The Labute approximate surface area is 93.0 Å². The Hall–Kier alpha value is -1.04. The molecule has 1 aliphatic carbocycles. The van der Waals surface area contributed by atoms with Crippen molar-refractivity contribution in [1.82, 2.24) is 0 Å². The van der Waals surface area contributed by atoms with Gasteiger partial charge in [-0.25, -0.2) is 0 Å². The lowest BCUT2D eigenvalue weighted by Crippen LogP contribution is -2.02. The van der Waals surface area contributed by atoms with Crippen molar-refractivity contribution >= 4 is 0 Å². The normalized spacial score (nSPS) is 18.4. The molecule has 1 fully saturated rings. The molecule has 0 nitrogen and oxygen atoms in total. The third-order valence-electron chi connectivity index (χ3n) is 3.25. The molecular weight excluding hydrogens is 180 g/mol. The third-order valence-corrected chi connectivity index (χ3v) is 3.25. The lowest BCUT2D eigenvalue weighted by Gasteiger charge is -2.17. The maximum atomic E-state index is 2.44. The second kappa shape index (κ2) is 5.75. The molecule has 1 saturated carbocycles. The lowest BCUT2D eigenvalue weighted by molar-refractivity contribution is 0.419. The first-order valence-corrected chi connectivity index (χ1v) is 6.16. The van der Waals surface area contributed by atoms with Gasteiger partial charge in [-0.05, 0) is 30.7 Å². The summed E-state index contributed by atoms with van der Waals surface area (Å²) in [5.41, 5.74) is 1.42. The maximum absolute atomic E-state index is 2.44. The van der Waals surface area contributed by atoms with Crippen LogP contribution in [0.25, 0.3) is 0 Å². The molecule has 0 atom stereocenters. The molecule has 0 amide bonds. The van der Waals surface area contributed by atoms with Crippen LogP contribution >= 0.6 is 0 Å². The van der Waals surface area contributed by atoms with Crippen molar-refractivity contribution in [2.75, 3.05) is 0 Å². The zero-order valence-electron chi connectivity index (χ0n) is 9.36. The third kappa shape index (κ3) is 3.54.